The van der Waals surface area contributed by atoms with Crippen LogP contribution in [0.5, 0.6) is 0 Å². The van der Waals surface area contributed by atoms with Gasteiger partial charge in [-0.1, -0.05) is 48.5 Å². The second-order valence-corrected chi connectivity index (χ2v) is 9.55. The molecule has 2 aromatic carbocycles. The normalized spacial score (nSPS) is 11.3. The average molecular weight is 589 g/mol. The number of pyridine rings is 2. The Kier molecular flexibility index (Phi) is 11.7. The van der Waals surface area contributed by atoms with Crippen LogP contribution in [0.2, 0.25) is 0 Å². The summed E-state index contributed by atoms with van der Waals surface area (Å²) >= 11 is 0. The first kappa shape index (κ1) is 31.0. The zero-order valence-corrected chi connectivity index (χ0v) is 23.9. The number of hydrogen-bond acceptors (Lipinski definition) is 6. The first-order valence-electron chi connectivity index (χ1n) is 14.0. The molecular formula is C34H32N6O4. The van der Waals surface area contributed by atoms with Gasteiger partial charge in [-0.05, 0) is 72.5 Å². The molecule has 0 bridgehead atoms. The van der Waals surface area contributed by atoms with Crippen molar-refractivity contribution < 1.29 is 19.2 Å². The van der Waals surface area contributed by atoms with E-state index in [0.29, 0.717) is 48.2 Å². The number of amides is 4. The summed E-state index contributed by atoms with van der Waals surface area (Å²) in [5, 5.41) is 11.0. The van der Waals surface area contributed by atoms with Gasteiger partial charge in [0.25, 0.3) is 23.6 Å². The molecule has 10 nitrogen and oxygen atoms in total. The van der Waals surface area contributed by atoms with Crippen LogP contribution in [-0.4, -0.2) is 46.7 Å². The average Bonchev–Trinajstić information content (AvgIpc) is 3.07. The van der Waals surface area contributed by atoms with E-state index in [1.165, 1.54) is 0 Å². The van der Waals surface area contributed by atoms with Crippen LogP contribution in [0, 0.1) is 0 Å². The van der Waals surface area contributed by atoms with E-state index in [4.69, 9.17) is 0 Å². The maximum atomic E-state index is 13.0. The van der Waals surface area contributed by atoms with E-state index in [0.717, 1.165) is 0 Å². The second kappa shape index (κ2) is 16.5. The number of carbonyl (C=O) groups excluding carboxylic acids is 4. The number of rotatable bonds is 13. The summed E-state index contributed by atoms with van der Waals surface area (Å²) in [6, 6.07) is 24.2. The molecule has 2 aromatic heterocycles. The van der Waals surface area contributed by atoms with Crippen LogP contribution in [0.4, 0.5) is 0 Å². The molecule has 222 valence electrons. The Morgan fingerprint density at radius 1 is 0.545 bits per heavy atom. The Balaban J connectivity index is 1.30. The number of unbranched alkanes of at least 4 members (excludes halogenated alkanes) is 1. The molecule has 0 spiro atoms. The van der Waals surface area contributed by atoms with Crippen molar-refractivity contribution in [3.05, 3.63) is 143 Å². The van der Waals surface area contributed by atoms with Gasteiger partial charge >= 0.3 is 0 Å². The van der Waals surface area contributed by atoms with E-state index >= 15 is 0 Å². The monoisotopic (exact) mass is 588 g/mol. The second-order valence-electron chi connectivity index (χ2n) is 9.55. The van der Waals surface area contributed by atoms with Gasteiger partial charge < -0.3 is 21.3 Å². The summed E-state index contributed by atoms with van der Waals surface area (Å²) in [5.74, 6) is -1.72. The number of benzene rings is 2. The molecule has 4 amide bonds. The quantitative estimate of drug-likeness (QED) is 0.139. The van der Waals surface area contributed by atoms with Crippen LogP contribution in [0.15, 0.2) is 121 Å². The van der Waals surface area contributed by atoms with Crippen molar-refractivity contribution in [1.82, 2.24) is 31.2 Å². The molecule has 0 saturated carbocycles. The number of aromatic nitrogens is 2. The van der Waals surface area contributed by atoms with Crippen LogP contribution < -0.4 is 21.3 Å². The molecule has 0 aliphatic rings. The zero-order valence-electron chi connectivity index (χ0n) is 23.9. The van der Waals surface area contributed by atoms with Crippen molar-refractivity contribution in [2.75, 3.05) is 13.1 Å². The van der Waals surface area contributed by atoms with Crippen LogP contribution in [0.25, 0.3) is 12.2 Å². The molecule has 44 heavy (non-hydrogen) atoms. The van der Waals surface area contributed by atoms with Crippen molar-refractivity contribution in [3.63, 3.8) is 0 Å². The van der Waals surface area contributed by atoms with E-state index in [9.17, 15) is 19.2 Å². The number of nitrogens with one attached hydrogen (secondary N) is 4. The van der Waals surface area contributed by atoms with Crippen molar-refractivity contribution in [1.29, 1.82) is 0 Å². The van der Waals surface area contributed by atoms with Gasteiger partial charge in [-0.2, -0.15) is 0 Å². The minimum absolute atomic E-state index is 0.0829. The highest BCUT2D eigenvalue weighted by molar-refractivity contribution is 6.06. The molecule has 0 radical (unpaired) electrons. The lowest BCUT2D eigenvalue weighted by molar-refractivity contribution is -0.118. The standard InChI is InChI=1S/C34H32N6O4/c41-31(27-13-3-1-4-14-27)39-29(21-25-11-9-17-35-23-25)33(43)37-19-7-8-20-38-34(44)30(22-26-12-10-18-36-24-26)40-32(42)28-15-5-2-6-16-28/h1-6,9-18,21-24H,7-8,19-20H2,(H,37,43)(H,38,44)(H,39,41)(H,40,42)/b29-21+,30-22+. The summed E-state index contributed by atoms with van der Waals surface area (Å²) in [7, 11) is 0. The highest BCUT2D eigenvalue weighted by Gasteiger charge is 2.16. The van der Waals surface area contributed by atoms with Gasteiger partial charge in [0.05, 0.1) is 0 Å². The van der Waals surface area contributed by atoms with Gasteiger partial charge in [-0.3, -0.25) is 29.1 Å². The van der Waals surface area contributed by atoms with E-state index in [1.54, 1.807) is 122 Å². The molecule has 0 atom stereocenters. The highest BCUT2D eigenvalue weighted by Crippen LogP contribution is 2.08. The molecule has 4 rings (SSSR count). The summed E-state index contributed by atoms with van der Waals surface area (Å²) in [6.45, 7) is 0.618. The summed E-state index contributed by atoms with van der Waals surface area (Å²) in [4.78, 5) is 59.6. The molecular weight excluding hydrogens is 556 g/mol. The molecule has 0 unspecified atom stereocenters. The van der Waals surface area contributed by atoms with E-state index in [1.807, 2.05) is 0 Å². The van der Waals surface area contributed by atoms with Crippen LogP contribution in [-0.2, 0) is 9.59 Å². The van der Waals surface area contributed by atoms with Crippen LogP contribution in [0.3, 0.4) is 0 Å². The fraction of sp³-hybridized carbons (Fsp3) is 0.118. The lowest BCUT2D eigenvalue weighted by Gasteiger charge is -2.12. The molecule has 0 fully saturated rings. The van der Waals surface area contributed by atoms with Crippen molar-refractivity contribution >= 4 is 35.8 Å². The summed E-state index contributed by atoms with van der Waals surface area (Å²) in [5.41, 5.74) is 2.32. The Morgan fingerprint density at radius 2 is 0.955 bits per heavy atom. The minimum atomic E-state index is -0.451. The van der Waals surface area contributed by atoms with Crippen molar-refractivity contribution in [2.45, 2.75) is 12.8 Å². The molecule has 4 aromatic rings. The van der Waals surface area contributed by atoms with Gasteiger partial charge in [0.2, 0.25) is 0 Å². The maximum Gasteiger partial charge on any atom is 0.267 e. The number of nitrogens with zero attached hydrogens (tertiary/aromatic N) is 2. The first-order valence-corrected chi connectivity index (χ1v) is 14.0. The largest absolute Gasteiger partial charge is 0.351 e. The first-order chi connectivity index (χ1) is 21.5. The predicted molar refractivity (Wildman–Crippen MR) is 167 cm³/mol. The lowest BCUT2D eigenvalue weighted by Crippen LogP contribution is -2.36. The third kappa shape index (κ3) is 9.88. The summed E-state index contributed by atoms with van der Waals surface area (Å²) in [6.07, 6.45) is 10.6. The highest BCUT2D eigenvalue weighted by atomic mass is 16.2. The van der Waals surface area contributed by atoms with Gasteiger partial charge in [-0.15, -0.1) is 0 Å². The molecule has 10 heteroatoms. The van der Waals surface area contributed by atoms with Crippen molar-refractivity contribution in [2.24, 2.45) is 0 Å². The number of hydrogen-bond donors (Lipinski definition) is 4. The molecule has 2 heterocycles. The fourth-order valence-electron chi connectivity index (χ4n) is 3.99. The van der Waals surface area contributed by atoms with E-state index in [-0.39, 0.29) is 11.4 Å². The van der Waals surface area contributed by atoms with Crippen molar-refractivity contribution in [3.8, 4) is 0 Å². The summed E-state index contributed by atoms with van der Waals surface area (Å²) < 4.78 is 0. The minimum Gasteiger partial charge on any atom is -0.351 e. The third-order valence-corrected chi connectivity index (χ3v) is 6.22. The SMILES string of the molecule is O=C(NCCCCNC(=O)/C(=C\c1cccnc1)NC(=O)c1ccccc1)/C(=C\c1cccnc1)NC(=O)c1ccccc1. The predicted octanol–water partition coefficient (Wildman–Crippen LogP) is 3.73. The van der Waals surface area contributed by atoms with Gasteiger partial charge in [-0.25, -0.2) is 0 Å². The Morgan fingerprint density at radius 3 is 1.32 bits per heavy atom. The third-order valence-electron chi connectivity index (χ3n) is 6.22. The lowest BCUT2D eigenvalue weighted by atomic mass is 10.2. The van der Waals surface area contributed by atoms with Crippen LogP contribution >= 0.6 is 0 Å². The smallest absolute Gasteiger partial charge is 0.267 e. The van der Waals surface area contributed by atoms with E-state index < -0.39 is 23.6 Å². The maximum absolute atomic E-state index is 13.0. The molecule has 0 aliphatic heterocycles. The fourth-order valence-corrected chi connectivity index (χ4v) is 3.99. The van der Waals surface area contributed by atoms with Gasteiger partial charge in [0, 0.05) is 49.0 Å². The Hall–Kier alpha value is -5.90. The van der Waals surface area contributed by atoms with E-state index in [2.05, 4.69) is 31.2 Å². The van der Waals surface area contributed by atoms with Gasteiger partial charge in [0.1, 0.15) is 11.4 Å². The Labute approximate surface area is 255 Å². The number of carbonyl (C=O) groups is 4. The topological polar surface area (TPSA) is 142 Å². The zero-order chi connectivity index (χ0) is 31.0. The molecule has 0 saturated heterocycles. The van der Waals surface area contributed by atoms with Crippen LogP contribution in [0.1, 0.15) is 44.7 Å². The Bertz CT molecular complexity index is 1490. The van der Waals surface area contributed by atoms with Gasteiger partial charge in [0.15, 0.2) is 0 Å². The molecule has 4 N–H and O–H groups in total. The molecule has 0 aliphatic carbocycles.